The van der Waals surface area contributed by atoms with Gasteiger partial charge in [0.15, 0.2) is 0 Å². The van der Waals surface area contributed by atoms with Gasteiger partial charge in [-0.2, -0.15) is 5.26 Å². The molecule has 0 amide bonds. The van der Waals surface area contributed by atoms with Gasteiger partial charge in [-0.05, 0) is 79.6 Å². The van der Waals surface area contributed by atoms with E-state index in [1.807, 2.05) is 72.6 Å². The standard InChI is InChI=1S/C27H29N3O3S/c1-21-4-14-27(15-5-21)34(31,32)29-30-17-16-23(20-30)3-2-18-33-26-12-10-25(11-13-26)24-8-6-22(19-28)7-9-24/h4-15,23,29H,2-3,16-18,20H2,1H3/t23-/m1/s1. The van der Waals surface area contributed by atoms with Crippen LogP contribution in [0.5, 0.6) is 5.75 Å². The molecule has 0 radical (unpaired) electrons. The lowest BCUT2D eigenvalue weighted by atomic mass is 10.0. The normalized spacial score (nSPS) is 16.3. The number of hydrazine groups is 1. The van der Waals surface area contributed by atoms with Gasteiger partial charge in [-0.15, -0.1) is 4.83 Å². The first-order valence-electron chi connectivity index (χ1n) is 11.5. The number of ether oxygens (including phenoxy) is 1. The second-order valence-electron chi connectivity index (χ2n) is 8.71. The molecule has 3 aromatic rings. The van der Waals surface area contributed by atoms with Crippen LogP contribution in [0.3, 0.4) is 0 Å². The molecule has 1 aliphatic rings. The lowest BCUT2D eigenvalue weighted by Crippen LogP contribution is -2.40. The van der Waals surface area contributed by atoms with Crippen LogP contribution in [0, 0.1) is 24.2 Å². The second kappa shape index (κ2) is 10.8. The predicted molar refractivity (Wildman–Crippen MR) is 133 cm³/mol. The van der Waals surface area contributed by atoms with Crippen molar-refractivity contribution in [2.24, 2.45) is 5.92 Å². The van der Waals surface area contributed by atoms with E-state index in [0.717, 1.165) is 41.7 Å². The van der Waals surface area contributed by atoms with E-state index >= 15 is 0 Å². The van der Waals surface area contributed by atoms with Gasteiger partial charge in [0, 0.05) is 13.1 Å². The quantitative estimate of drug-likeness (QED) is 0.445. The SMILES string of the molecule is Cc1ccc(S(=O)(=O)NN2CC[C@@H](CCCOc3ccc(-c4ccc(C#N)cc4)cc3)C2)cc1. The largest absolute Gasteiger partial charge is 0.494 e. The maximum atomic E-state index is 12.6. The summed E-state index contributed by atoms with van der Waals surface area (Å²) in [7, 11) is -3.54. The third-order valence-electron chi connectivity index (χ3n) is 6.09. The van der Waals surface area contributed by atoms with Crippen molar-refractivity contribution < 1.29 is 13.2 Å². The van der Waals surface area contributed by atoms with E-state index in [9.17, 15) is 8.42 Å². The minimum Gasteiger partial charge on any atom is -0.494 e. The number of rotatable bonds is 9. The van der Waals surface area contributed by atoms with E-state index in [1.165, 1.54) is 0 Å². The van der Waals surface area contributed by atoms with Crippen molar-refractivity contribution in [1.29, 1.82) is 5.26 Å². The van der Waals surface area contributed by atoms with Gasteiger partial charge in [-0.3, -0.25) is 0 Å². The fourth-order valence-electron chi connectivity index (χ4n) is 4.13. The van der Waals surface area contributed by atoms with Crippen molar-refractivity contribution >= 4 is 10.0 Å². The molecule has 1 fully saturated rings. The number of nitrogens with zero attached hydrogens (tertiary/aromatic N) is 2. The molecule has 1 N–H and O–H groups in total. The highest BCUT2D eigenvalue weighted by Crippen LogP contribution is 2.24. The highest BCUT2D eigenvalue weighted by atomic mass is 32.2. The van der Waals surface area contributed by atoms with Gasteiger partial charge < -0.3 is 4.74 Å². The summed E-state index contributed by atoms with van der Waals surface area (Å²) < 4.78 is 31.1. The van der Waals surface area contributed by atoms with Crippen LogP contribution in [0.25, 0.3) is 11.1 Å². The predicted octanol–water partition coefficient (Wildman–Crippen LogP) is 4.91. The van der Waals surface area contributed by atoms with E-state index in [-0.39, 0.29) is 0 Å². The number of nitriles is 1. The monoisotopic (exact) mass is 475 g/mol. The summed E-state index contributed by atoms with van der Waals surface area (Å²) in [4.78, 5) is 3.01. The maximum absolute atomic E-state index is 12.6. The van der Waals surface area contributed by atoms with Gasteiger partial charge in [0.05, 0.1) is 23.1 Å². The van der Waals surface area contributed by atoms with Gasteiger partial charge in [0.25, 0.3) is 10.0 Å². The lowest BCUT2D eigenvalue weighted by Gasteiger charge is -2.18. The van der Waals surface area contributed by atoms with Crippen LogP contribution >= 0.6 is 0 Å². The summed E-state index contributed by atoms with van der Waals surface area (Å²) in [5.74, 6) is 1.28. The molecule has 4 rings (SSSR count). The minimum atomic E-state index is -3.54. The van der Waals surface area contributed by atoms with E-state index < -0.39 is 10.0 Å². The maximum Gasteiger partial charge on any atom is 0.253 e. The Hall–Kier alpha value is -3.18. The van der Waals surface area contributed by atoms with Crippen molar-refractivity contribution in [2.45, 2.75) is 31.1 Å². The van der Waals surface area contributed by atoms with E-state index in [2.05, 4.69) is 10.9 Å². The molecule has 0 aromatic heterocycles. The number of benzene rings is 3. The Labute approximate surface area is 201 Å². The summed E-state index contributed by atoms with van der Waals surface area (Å²) >= 11 is 0. The number of hydrogen-bond donors (Lipinski definition) is 1. The lowest BCUT2D eigenvalue weighted by molar-refractivity contribution is 0.269. The Morgan fingerprint density at radius 3 is 2.29 bits per heavy atom. The van der Waals surface area contributed by atoms with Crippen LogP contribution in [0.15, 0.2) is 77.7 Å². The molecule has 6 nitrogen and oxygen atoms in total. The first kappa shape index (κ1) is 24.0. The fraction of sp³-hybridized carbons (Fsp3) is 0.296. The average molecular weight is 476 g/mol. The summed E-state index contributed by atoms with van der Waals surface area (Å²) in [6.45, 7) is 3.99. The van der Waals surface area contributed by atoms with Crippen molar-refractivity contribution in [3.8, 4) is 22.9 Å². The molecule has 7 heteroatoms. The summed E-state index contributed by atoms with van der Waals surface area (Å²) in [5, 5.41) is 10.7. The average Bonchev–Trinajstić information content (AvgIpc) is 3.29. The molecule has 0 aliphatic carbocycles. The van der Waals surface area contributed by atoms with Gasteiger partial charge in [-0.25, -0.2) is 13.4 Å². The number of sulfonamides is 1. The fourth-order valence-corrected chi connectivity index (χ4v) is 5.24. The summed E-state index contributed by atoms with van der Waals surface area (Å²) in [6.07, 6.45) is 2.88. The number of nitrogens with one attached hydrogen (secondary N) is 1. The third kappa shape index (κ3) is 6.23. The zero-order chi connectivity index (χ0) is 24.0. The van der Waals surface area contributed by atoms with Gasteiger partial charge in [-0.1, -0.05) is 42.0 Å². The molecule has 0 bridgehead atoms. The van der Waals surface area contributed by atoms with Crippen molar-refractivity contribution in [2.75, 3.05) is 19.7 Å². The molecule has 1 atom stereocenters. The molecule has 0 spiro atoms. The first-order valence-corrected chi connectivity index (χ1v) is 13.0. The molecular weight excluding hydrogens is 446 g/mol. The van der Waals surface area contributed by atoms with Crippen LogP contribution in [-0.2, 0) is 10.0 Å². The van der Waals surface area contributed by atoms with E-state index in [0.29, 0.717) is 36.1 Å². The van der Waals surface area contributed by atoms with E-state index in [1.54, 1.807) is 12.1 Å². The third-order valence-corrected chi connectivity index (χ3v) is 7.48. The smallest absolute Gasteiger partial charge is 0.253 e. The Balaban J connectivity index is 1.19. The van der Waals surface area contributed by atoms with Crippen LogP contribution in [-0.4, -0.2) is 33.1 Å². The van der Waals surface area contributed by atoms with Gasteiger partial charge >= 0.3 is 0 Å². The highest BCUT2D eigenvalue weighted by Gasteiger charge is 2.26. The molecule has 0 saturated carbocycles. The zero-order valence-electron chi connectivity index (χ0n) is 19.3. The zero-order valence-corrected chi connectivity index (χ0v) is 20.1. The van der Waals surface area contributed by atoms with Crippen molar-refractivity contribution in [1.82, 2.24) is 9.84 Å². The number of hydrogen-bond acceptors (Lipinski definition) is 5. The molecule has 1 heterocycles. The first-order chi connectivity index (χ1) is 16.4. The van der Waals surface area contributed by atoms with Gasteiger partial charge in [0.1, 0.15) is 5.75 Å². The Bertz CT molecular complexity index is 1230. The molecule has 1 aliphatic heterocycles. The Kier molecular flexibility index (Phi) is 7.63. The van der Waals surface area contributed by atoms with Gasteiger partial charge in [0.2, 0.25) is 0 Å². The van der Waals surface area contributed by atoms with Crippen LogP contribution in [0.1, 0.15) is 30.4 Å². The molecule has 0 unspecified atom stereocenters. The molecule has 1 saturated heterocycles. The summed E-state index contributed by atoms with van der Waals surface area (Å²) in [5.41, 5.74) is 3.83. The minimum absolute atomic E-state index is 0.292. The molecule has 176 valence electrons. The van der Waals surface area contributed by atoms with E-state index in [4.69, 9.17) is 10.00 Å². The van der Waals surface area contributed by atoms with Crippen molar-refractivity contribution in [3.63, 3.8) is 0 Å². The Morgan fingerprint density at radius 2 is 1.65 bits per heavy atom. The summed E-state index contributed by atoms with van der Waals surface area (Å²) in [6, 6.07) is 24.5. The van der Waals surface area contributed by atoms with Crippen molar-refractivity contribution in [3.05, 3.63) is 83.9 Å². The topological polar surface area (TPSA) is 82.4 Å². The molecule has 34 heavy (non-hydrogen) atoms. The number of aryl methyl sites for hydroxylation is 1. The van der Waals surface area contributed by atoms with Crippen LogP contribution < -0.4 is 9.57 Å². The van der Waals surface area contributed by atoms with Crippen LogP contribution in [0.2, 0.25) is 0 Å². The van der Waals surface area contributed by atoms with Crippen LogP contribution in [0.4, 0.5) is 0 Å². The molecule has 3 aromatic carbocycles. The Morgan fingerprint density at radius 1 is 1.00 bits per heavy atom. The molecular formula is C27H29N3O3S. The second-order valence-corrected chi connectivity index (χ2v) is 10.4. The highest BCUT2D eigenvalue weighted by molar-refractivity contribution is 7.89.